The van der Waals surface area contributed by atoms with Gasteiger partial charge in [-0.15, -0.1) is 0 Å². The second kappa shape index (κ2) is 3.56. The third kappa shape index (κ3) is 2.10. The number of benzene rings is 1. The summed E-state index contributed by atoms with van der Waals surface area (Å²) in [6.07, 6.45) is 0. The molecule has 0 aliphatic rings. The van der Waals surface area contributed by atoms with Gasteiger partial charge in [-0.1, -0.05) is 0 Å². The fourth-order valence-corrected chi connectivity index (χ4v) is 1.79. The Morgan fingerprint density at radius 1 is 1.22 bits per heavy atom. The molecule has 0 amide bonds. The summed E-state index contributed by atoms with van der Waals surface area (Å²) in [4.78, 5) is 0. The minimum atomic E-state index is -0.643. The predicted molar refractivity (Wildman–Crippen MR) is 41.5 cm³/mol. The molecule has 1 aromatic rings. The standard InChI is InChI=1S/C7H10GeO/c1-8-9-7-5-3-2-4-6-7/h2-6H,8H2,1H3. The van der Waals surface area contributed by atoms with Gasteiger partial charge in [0.25, 0.3) is 0 Å². The zero-order valence-electron chi connectivity index (χ0n) is 5.50. The molecule has 0 unspecified atom stereocenters. The molecule has 0 fully saturated rings. The quantitative estimate of drug-likeness (QED) is 0.625. The van der Waals surface area contributed by atoms with Crippen molar-refractivity contribution in [3.63, 3.8) is 0 Å². The van der Waals surface area contributed by atoms with Crippen LogP contribution in [-0.4, -0.2) is 15.8 Å². The maximum atomic E-state index is 5.39. The molecule has 1 aromatic carbocycles. The molecule has 0 N–H and O–H groups in total. The summed E-state index contributed by atoms with van der Waals surface area (Å²) in [7, 11) is 0. The molecule has 0 radical (unpaired) electrons. The number of hydrogen-bond acceptors (Lipinski definition) is 1. The van der Waals surface area contributed by atoms with E-state index in [1.54, 1.807) is 0 Å². The molecule has 0 spiro atoms. The third-order valence-electron chi connectivity index (χ3n) is 1.05. The minimum absolute atomic E-state index is 0.643. The van der Waals surface area contributed by atoms with Gasteiger partial charge >= 0.3 is 61.4 Å². The normalized spacial score (nSPS) is 10.3. The molecular weight excluding hydrogens is 173 g/mol. The van der Waals surface area contributed by atoms with E-state index in [1.165, 1.54) is 0 Å². The molecule has 0 bridgehead atoms. The van der Waals surface area contributed by atoms with Crippen LogP contribution in [0.3, 0.4) is 0 Å². The molecule has 0 aliphatic heterocycles. The summed E-state index contributed by atoms with van der Waals surface area (Å²) in [5.41, 5.74) is 0. The Hall–Kier alpha value is -0.437. The van der Waals surface area contributed by atoms with Gasteiger partial charge in [0.15, 0.2) is 0 Å². The van der Waals surface area contributed by atoms with Crippen LogP contribution in [0, 0.1) is 0 Å². The van der Waals surface area contributed by atoms with Crippen molar-refractivity contribution in [3.8, 4) is 5.75 Å². The van der Waals surface area contributed by atoms with Gasteiger partial charge < -0.3 is 0 Å². The van der Waals surface area contributed by atoms with Crippen LogP contribution in [0.25, 0.3) is 0 Å². The van der Waals surface area contributed by atoms with Crippen molar-refractivity contribution < 1.29 is 3.76 Å². The Bertz CT molecular complexity index is 162. The Morgan fingerprint density at radius 2 is 1.89 bits per heavy atom. The zero-order valence-corrected chi connectivity index (χ0v) is 8.47. The van der Waals surface area contributed by atoms with Crippen molar-refractivity contribution in [1.29, 1.82) is 0 Å². The number of rotatable bonds is 2. The van der Waals surface area contributed by atoms with Crippen LogP contribution in [0.2, 0.25) is 5.76 Å². The zero-order chi connectivity index (χ0) is 6.53. The predicted octanol–water partition coefficient (Wildman–Crippen LogP) is 1.20. The maximum absolute atomic E-state index is 5.39. The molecule has 9 heavy (non-hydrogen) atoms. The van der Waals surface area contributed by atoms with E-state index in [0.717, 1.165) is 5.75 Å². The van der Waals surface area contributed by atoms with Gasteiger partial charge in [-0.3, -0.25) is 0 Å². The molecule has 2 heteroatoms. The van der Waals surface area contributed by atoms with E-state index in [9.17, 15) is 0 Å². The molecule has 0 aromatic heterocycles. The first kappa shape index (κ1) is 6.68. The molecule has 1 nitrogen and oxygen atoms in total. The van der Waals surface area contributed by atoms with E-state index in [4.69, 9.17) is 3.76 Å². The number of para-hydroxylation sites is 1. The van der Waals surface area contributed by atoms with Gasteiger partial charge in [0.2, 0.25) is 0 Å². The average molecular weight is 183 g/mol. The van der Waals surface area contributed by atoms with Gasteiger partial charge in [0.05, 0.1) is 0 Å². The first-order valence-corrected chi connectivity index (χ1v) is 7.29. The Kier molecular flexibility index (Phi) is 2.64. The molecule has 0 saturated heterocycles. The molecule has 48 valence electrons. The topological polar surface area (TPSA) is 9.23 Å². The van der Waals surface area contributed by atoms with E-state index < -0.39 is 15.8 Å². The molecular formula is C7H10GeO. The number of hydrogen-bond donors (Lipinski definition) is 0. The van der Waals surface area contributed by atoms with E-state index in [2.05, 4.69) is 5.76 Å². The fourth-order valence-electron chi connectivity index (χ4n) is 0.683. The second-order valence-corrected chi connectivity index (χ2v) is 3.56. The van der Waals surface area contributed by atoms with E-state index in [1.807, 2.05) is 30.3 Å². The van der Waals surface area contributed by atoms with E-state index in [0.29, 0.717) is 0 Å². The van der Waals surface area contributed by atoms with Crippen molar-refractivity contribution in [1.82, 2.24) is 0 Å². The van der Waals surface area contributed by atoms with E-state index >= 15 is 0 Å². The van der Waals surface area contributed by atoms with Crippen molar-refractivity contribution in [2.24, 2.45) is 0 Å². The van der Waals surface area contributed by atoms with E-state index in [-0.39, 0.29) is 0 Å². The van der Waals surface area contributed by atoms with Gasteiger partial charge in [-0.05, 0) is 0 Å². The van der Waals surface area contributed by atoms with Crippen LogP contribution in [0.5, 0.6) is 5.75 Å². The molecule has 1 rings (SSSR count). The van der Waals surface area contributed by atoms with Gasteiger partial charge in [0.1, 0.15) is 0 Å². The van der Waals surface area contributed by atoms with Crippen LogP contribution in [0.15, 0.2) is 30.3 Å². The van der Waals surface area contributed by atoms with Gasteiger partial charge in [-0.2, -0.15) is 0 Å². The summed E-state index contributed by atoms with van der Waals surface area (Å²) in [6.45, 7) is 0. The average Bonchev–Trinajstić information content (AvgIpc) is 1.91. The summed E-state index contributed by atoms with van der Waals surface area (Å²) in [5.74, 6) is 3.19. The van der Waals surface area contributed by atoms with Crippen LogP contribution in [0.4, 0.5) is 0 Å². The fraction of sp³-hybridized carbons (Fsp3) is 0.143. The van der Waals surface area contributed by atoms with Crippen molar-refractivity contribution in [2.75, 3.05) is 0 Å². The van der Waals surface area contributed by atoms with Crippen LogP contribution < -0.4 is 3.76 Å². The summed E-state index contributed by atoms with van der Waals surface area (Å²) in [5, 5.41) is 0. The first-order chi connectivity index (χ1) is 4.43. The Balaban J connectivity index is 2.61. The molecule has 0 atom stereocenters. The van der Waals surface area contributed by atoms with Gasteiger partial charge in [0, 0.05) is 0 Å². The Morgan fingerprint density at radius 3 is 2.44 bits per heavy atom. The molecule has 0 heterocycles. The second-order valence-electron chi connectivity index (χ2n) is 1.75. The van der Waals surface area contributed by atoms with Crippen LogP contribution >= 0.6 is 0 Å². The van der Waals surface area contributed by atoms with Crippen molar-refractivity contribution in [3.05, 3.63) is 30.3 Å². The summed E-state index contributed by atoms with van der Waals surface area (Å²) >= 11 is -0.643. The molecule has 0 saturated carbocycles. The summed E-state index contributed by atoms with van der Waals surface area (Å²) < 4.78 is 5.39. The Labute approximate surface area is 61.9 Å². The van der Waals surface area contributed by atoms with Crippen LogP contribution in [-0.2, 0) is 0 Å². The van der Waals surface area contributed by atoms with Gasteiger partial charge in [-0.25, -0.2) is 0 Å². The monoisotopic (exact) mass is 184 g/mol. The van der Waals surface area contributed by atoms with Crippen LogP contribution in [0.1, 0.15) is 0 Å². The van der Waals surface area contributed by atoms with Crippen molar-refractivity contribution in [2.45, 2.75) is 5.76 Å². The SMILES string of the molecule is [CH3][GeH2][O]c1ccccc1. The third-order valence-corrected chi connectivity index (χ3v) is 2.36. The molecule has 0 aliphatic carbocycles. The van der Waals surface area contributed by atoms with Crippen molar-refractivity contribution >= 4 is 15.8 Å². The summed E-state index contributed by atoms with van der Waals surface area (Å²) in [6, 6.07) is 9.97. The first-order valence-electron chi connectivity index (χ1n) is 3.11.